The summed E-state index contributed by atoms with van der Waals surface area (Å²) in [4.78, 5) is 24.2. The van der Waals surface area contributed by atoms with Crippen LogP contribution in [0.5, 0.6) is 0 Å². The van der Waals surface area contributed by atoms with Gasteiger partial charge in [0.05, 0.1) is 0 Å². The largest absolute Gasteiger partial charge is 0.273 e. The molecule has 1 aliphatic rings. The SMILES string of the molecule is CCc1ccc(C(=O)NNC(=O)C2CC2c2ccccc2Cl)cc1. The molecule has 24 heavy (non-hydrogen) atoms. The number of hydrogen-bond donors (Lipinski definition) is 2. The summed E-state index contributed by atoms with van der Waals surface area (Å²) in [6.45, 7) is 2.06. The molecule has 0 radical (unpaired) electrons. The first-order valence-corrected chi connectivity index (χ1v) is 8.41. The molecule has 0 aliphatic heterocycles. The number of carbonyl (C=O) groups is 2. The Morgan fingerprint density at radius 2 is 1.79 bits per heavy atom. The lowest BCUT2D eigenvalue weighted by molar-refractivity contribution is -0.123. The van der Waals surface area contributed by atoms with Gasteiger partial charge < -0.3 is 0 Å². The monoisotopic (exact) mass is 342 g/mol. The molecule has 2 aromatic rings. The van der Waals surface area contributed by atoms with Crippen molar-refractivity contribution < 1.29 is 9.59 Å². The summed E-state index contributed by atoms with van der Waals surface area (Å²) in [6, 6.07) is 14.9. The molecule has 2 atom stereocenters. The zero-order valence-electron chi connectivity index (χ0n) is 13.4. The van der Waals surface area contributed by atoms with Crippen molar-refractivity contribution in [1.29, 1.82) is 0 Å². The number of halogens is 1. The molecule has 2 unspecified atom stereocenters. The lowest BCUT2D eigenvalue weighted by atomic mass is 10.1. The highest BCUT2D eigenvalue weighted by Crippen LogP contribution is 2.49. The summed E-state index contributed by atoms with van der Waals surface area (Å²) in [5.74, 6) is -0.522. The Bertz CT molecular complexity index is 758. The van der Waals surface area contributed by atoms with Gasteiger partial charge in [-0.1, -0.05) is 48.9 Å². The minimum Gasteiger partial charge on any atom is -0.273 e. The van der Waals surface area contributed by atoms with Crippen LogP contribution in [0.25, 0.3) is 0 Å². The molecule has 2 N–H and O–H groups in total. The minimum atomic E-state index is -0.319. The van der Waals surface area contributed by atoms with Crippen LogP contribution >= 0.6 is 11.6 Å². The Hall–Kier alpha value is -2.33. The van der Waals surface area contributed by atoms with Gasteiger partial charge in [0.25, 0.3) is 5.91 Å². The van der Waals surface area contributed by atoms with Gasteiger partial charge >= 0.3 is 0 Å². The van der Waals surface area contributed by atoms with Crippen LogP contribution in [0, 0.1) is 5.92 Å². The molecule has 0 aromatic heterocycles. The van der Waals surface area contributed by atoms with Crippen LogP contribution < -0.4 is 10.9 Å². The van der Waals surface area contributed by atoms with Crippen molar-refractivity contribution in [2.24, 2.45) is 5.92 Å². The smallest absolute Gasteiger partial charge is 0.269 e. The first kappa shape index (κ1) is 16.5. The number of hydrogen-bond acceptors (Lipinski definition) is 2. The van der Waals surface area contributed by atoms with E-state index in [0.717, 1.165) is 24.0 Å². The predicted molar refractivity (Wildman–Crippen MR) is 93.7 cm³/mol. The Morgan fingerprint density at radius 3 is 2.46 bits per heavy atom. The third-order valence-corrected chi connectivity index (χ3v) is 4.70. The first-order valence-electron chi connectivity index (χ1n) is 8.03. The molecule has 3 rings (SSSR count). The van der Waals surface area contributed by atoms with Crippen molar-refractivity contribution in [2.75, 3.05) is 0 Å². The summed E-state index contributed by atoms with van der Waals surface area (Å²) < 4.78 is 0. The van der Waals surface area contributed by atoms with E-state index in [9.17, 15) is 9.59 Å². The van der Waals surface area contributed by atoms with Crippen molar-refractivity contribution in [3.05, 3.63) is 70.2 Å². The van der Waals surface area contributed by atoms with E-state index in [0.29, 0.717) is 10.6 Å². The predicted octanol–water partition coefficient (Wildman–Crippen LogP) is 3.47. The lowest BCUT2D eigenvalue weighted by Crippen LogP contribution is -2.42. The zero-order valence-corrected chi connectivity index (χ0v) is 14.1. The summed E-state index contributed by atoms with van der Waals surface area (Å²) >= 11 is 6.16. The molecule has 2 aromatic carbocycles. The third kappa shape index (κ3) is 3.60. The molecule has 0 bridgehead atoms. The molecule has 1 saturated carbocycles. The summed E-state index contributed by atoms with van der Waals surface area (Å²) in [7, 11) is 0. The Labute approximate surface area is 146 Å². The topological polar surface area (TPSA) is 58.2 Å². The highest BCUT2D eigenvalue weighted by molar-refractivity contribution is 6.31. The van der Waals surface area contributed by atoms with Crippen molar-refractivity contribution in [3.8, 4) is 0 Å². The van der Waals surface area contributed by atoms with E-state index in [1.807, 2.05) is 36.4 Å². The summed E-state index contributed by atoms with van der Waals surface area (Å²) in [5, 5.41) is 0.679. The van der Waals surface area contributed by atoms with E-state index in [1.54, 1.807) is 12.1 Å². The number of amides is 2. The van der Waals surface area contributed by atoms with Crippen LogP contribution in [0.15, 0.2) is 48.5 Å². The summed E-state index contributed by atoms with van der Waals surface area (Å²) in [5.41, 5.74) is 7.65. The standard InChI is InChI=1S/C19H19ClN2O2/c1-2-12-7-9-13(10-8-12)18(23)21-22-19(24)16-11-15(16)14-5-3-4-6-17(14)20/h3-10,15-16H,2,11H2,1H3,(H,21,23)(H,22,24). The maximum Gasteiger partial charge on any atom is 0.269 e. The van der Waals surface area contributed by atoms with Crippen LogP contribution in [0.4, 0.5) is 0 Å². The van der Waals surface area contributed by atoms with E-state index < -0.39 is 0 Å². The fourth-order valence-corrected chi connectivity index (χ4v) is 3.06. The Kier molecular flexibility index (Phi) is 4.86. The van der Waals surface area contributed by atoms with Crippen molar-refractivity contribution in [2.45, 2.75) is 25.7 Å². The first-order chi connectivity index (χ1) is 11.6. The fourth-order valence-electron chi connectivity index (χ4n) is 2.78. The van der Waals surface area contributed by atoms with Gasteiger partial charge in [-0.05, 0) is 48.1 Å². The van der Waals surface area contributed by atoms with Crippen LogP contribution in [0.3, 0.4) is 0 Å². The van der Waals surface area contributed by atoms with Crippen molar-refractivity contribution in [1.82, 2.24) is 10.9 Å². The Balaban J connectivity index is 1.53. The molecule has 0 spiro atoms. The van der Waals surface area contributed by atoms with Gasteiger partial charge in [-0.3, -0.25) is 20.4 Å². The van der Waals surface area contributed by atoms with Gasteiger partial charge in [-0.25, -0.2) is 0 Å². The van der Waals surface area contributed by atoms with Gasteiger partial charge in [0.15, 0.2) is 0 Å². The molecule has 2 amide bonds. The number of aryl methyl sites for hydroxylation is 1. The van der Waals surface area contributed by atoms with Crippen molar-refractivity contribution >= 4 is 23.4 Å². The highest BCUT2D eigenvalue weighted by atomic mass is 35.5. The second-order valence-electron chi connectivity index (χ2n) is 5.96. The number of carbonyl (C=O) groups excluding carboxylic acids is 2. The van der Waals surface area contributed by atoms with E-state index in [1.165, 1.54) is 0 Å². The average Bonchev–Trinajstić information content (AvgIpc) is 3.40. The van der Waals surface area contributed by atoms with Gasteiger partial charge in [0.1, 0.15) is 0 Å². The van der Waals surface area contributed by atoms with Crippen LogP contribution in [0.2, 0.25) is 5.02 Å². The van der Waals surface area contributed by atoms with E-state index in [4.69, 9.17) is 11.6 Å². The molecule has 1 fully saturated rings. The second-order valence-corrected chi connectivity index (χ2v) is 6.37. The lowest BCUT2D eigenvalue weighted by Gasteiger charge is -2.08. The van der Waals surface area contributed by atoms with Gasteiger partial charge in [0.2, 0.25) is 5.91 Å². The molecule has 1 aliphatic carbocycles. The van der Waals surface area contributed by atoms with E-state index in [2.05, 4.69) is 17.8 Å². The molecule has 4 nitrogen and oxygen atoms in total. The highest BCUT2D eigenvalue weighted by Gasteiger charge is 2.44. The number of hydrazine groups is 1. The Morgan fingerprint density at radius 1 is 1.08 bits per heavy atom. The normalized spacial score (nSPS) is 18.8. The summed E-state index contributed by atoms with van der Waals surface area (Å²) in [6.07, 6.45) is 1.67. The fraction of sp³-hybridized carbons (Fsp3) is 0.263. The molecular formula is C19H19ClN2O2. The van der Waals surface area contributed by atoms with Crippen LogP contribution in [-0.4, -0.2) is 11.8 Å². The van der Waals surface area contributed by atoms with Crippen molar-refractivity contribution in [3.63, 3.8) is 0 Å². The average molecular weight is 343 g/mol. The quantitative estimate of drug-likeness (QED) is 0.836. The molecule has 5 heteroatoms. The second kappa shape index (κ2) is 7.05. The van der Waals surface area contributed by atoms with Gasteiger partial charge in [-0.15, -0.1) is 0 Å². The van der Waals surface area contributed by atoms with Gasteiger partial charge in [-0.2, -0.15) is 0 Å². The van der Waals surface area contributed by atoms with E-state index in [-0.39, 0.29) is 23.7 Å². The number of nitrogens with one attached hydrogen (secondary N) is 2. The minimum absolute atomic E-state index is 0.124. The van der Waals surface area contributed by atoms with Gasteiger partial charge in [0, 0.05) is 16.5 Å². The maximum absolute atomic E-state index is 12.2. The third-order valence-electron chi connectivity index (χ3n) is 4.36. The van der Waals surface area contributed by atoms with Crippen LogP contribution in [-0.2, 0) is 11.2 Å². The molecular weight excluding hydrogens is 324 g/mol. The molecule has 0 heterocycles. The maximum atomic E-state index is 12.2. The molecule has 0 saturated heterocycles. The number of rotatable bonds is 4. The van der Waals surface area contributed by atoms with Crippen LogP contribution in [0.1, 0.15) is 40.7 Å². The molecule has 124 valence electrons. The van der Waals surface area contributed by atoms with E-state index >= 15 is 0 Å². The number of benzene rings is 2. The zero-order chi connectivity index (χ0) is 17.1.